The molecular weight excluding hydrogens is 342 g/mol. The van der Waals surface area contributed by atoms with Crippen molar-refractivity contribution in [3.05, 3.63) is 57.5 Å². The third kappa shape index (κ3) is 4.21. The van der Waals surface area contributed by atoms with E-state index < -0.39 is 0 Å². The van der Waals surface area contributed by atoms with E-state index in [1.807, 2.05) is 13.0 Å². The molecule has 1 saturated heterocycles. The van der Waals surface area contributed by atoms with E-state index in [4.69, 9.17) is 0 Å². The van der Waals surface area contributed by atoms with Gasteiger partial charge in [0, 0.05) is 31.1 Å². The lowest BCUT2D eigenvalue weighted by Crippen LogP contribution is -2.45. The zero-order chi connectivity index (χ0) is 13.9. The standard InChI is InChI=1S/C16H19FN2S.2ClH/c1-12-11-13(17)4-5-14(12)16(15-3-2-10-20-15)19-8-6-18-7-9-19;;/h2-5,10-11,16,18H,6-9H2,1H3;2*1H/t16-;;/m1../s1. The second-order valence-corrected chi connectivity index (χ2v) is 6.18. The fourth-order valence-electron chi connectivity index (χ4n) is 2.86. The largest absolute Gasteiger partial charge is 0.314 e. The van der Waals surface area contributed by atoms with E-state index in [2.05, 4.69) is 27.7 Å². The molecule has 1 N–H and O–H groups in total. The SMILES string of the molecule is Cc1cc(F)ccc1[C@H](c1cccs1)N1CCNCC1.Cl.Cl. The first-order chi connectivity index (χ1) is 9.75. The number of hydrogen-bond acceptors (Lipinski definition) is 3. The molecule has 3 rings (SSSR count). The Bertz CT molecular complexity index is 572. The quantitative estimate of drug-likeness (QED) is 0.886. The Labute approximate surface area is 147 Å². The van der Waals surface area contributed by atoms with E-state index in [0.717, 1.165) is 31.7 Å². The van der Waals surface area contributed by atoms with Crippen molar-refractivity contribution in [3.8, 4) is 0 Å². The van der Waals surface area contributed by atoms with Gasteiger partial charge in [0.05, 0.1) is 6.04 Å². The normalized spacial score (nSPS) is 16.5. The lowest BCUT2D eigenvalue weighted by Gasteiger charge is -2.35. The third-order valence-electron chi connectivity index (χ3n) is 3.86. The molecule has 122 valence electrons. The van der Waals surface area contributed by atoms with E-state index in [-0.39, 0.29) is 36.7 Å². The summed E-state index contributed by atoms with van der Waals surface area (Å²) >= 11 is 1.78. The monoisotopic (exact) mass is 362 g/mol. The molecule has 2 aromatic rings. The van der Waals surface area contributed by atoms with Crippen molar-refractivity contribution in [2.75, 3.05) is 26.2 Å². The second kappa shape index (κ2) is 8.85. The number of benzene rings is 1. The van der Waals surface area contributed by atoms with Gasteiger partial charge in [0.2, 0.25) is 0 Å². The molecular formula is C16H21Cl2FN2S. The van der Waals surface area contributed by atoms with Crippen LogP contribution in [0.2, 0.25) is 0 Å². The van der Waals surface area contributed by atoms with Gasteiger partial charge in [-0.25, -0.2) is 4.39 Å². The Kier molecular flexibility index (Phi) is 7.80. The van der Waals surface area contributed by atoms with Gasteiger partial charge in [0.1, 0.15) is 5.82 Å². The van der Waals surface area contributed by atoms with E-state index >= 15 is 0 Å². The van der Waals surface area contributed by atoms with Gasteiger partial charge in [0.25, 0.3) is 0 Å². The van der Waals surface area contributed by atoms with Crippen LogP contribution in [0.15, 0.2) is 35.7 Å². The number of halogens is 3. The van der Waals surface area contributed by atoms with Crippen LogP contribution >= 0.6 is 36.2 Å². The van der Waals surface area contributed by atoms with Gasteiger partial charge in [-0.3, -0.25) is 4.90 Å². The Morgan fingerprint density at radius 3 is 2.50 bits per heavy atom. The van der Waals surface area contributed by atoms with Gasteiger partial charge < -0.3 is 5.32 Å². The van der Waals surface area contributed by atoms with Crippen LogP contribution in [0.3, 0.4) is 0 Å². The smallest absolute Gasteiger partial charge is 0.123 e. The summed E-state index contributed by atoms with van der Waals surface area (Å²) < 4.78 is 13.4. The minimum Gasteiger partial charge on any atom is -0.314 e. The van der Waals surface area contributed by atoms with E-state index in [1.54, 1.807) is 23.5 Å². The lowest BCUT2D eigenvalue weighted by molar-refractivity contribution is 0.200. The topological polar surface area (TPSA) is 15.3 Å². The molecule has 1 aliphatic rings. The zero-order valence-corrected chi connectivity index (χ0v) is 14.9. The van der Waals surface area contributed by atoms with Crippen molar-refractivity contribution < 1.29 is 4.39 Å². The fraction of sp³-hybridized carbons (Fsp3) is 0.375. The maximum absolute atomic E-state index is 13.4. The van der Waals surface area contributed by atoms with Crippen LogP contribution in [0.1, 0.15) is 22.0 Å². The van der Waals surface area contributed by atoms with Crippen molar-refractivity contribution in [2.24, 2.45) is 0 Å². The van der Waals surface area contributed by atoms with Crippen LogP contribution < -0.4 is 5.32 Å². The Hall–Kier alpha value is -0.650. The zero-order valence-electron chi connectivity index (χ0n) is 12.4. The molecule has 1 fully saturated rings. The van der Waals surface area contributed by atoms with Gasteiger partial charge in [-0.15, -0.1) is 36.2 Å². The van der Waals surface area contributed by atoms with Crippen LogP contribution in [-0.4, -0.2) is 31.1 Å². The Morgan fingerprint density at radius 2 is 1.91 bits per heavy atom. The predicted molar refractivity (Wildman–Crippen MR) is 96.2 cm³/mol. The molecule has 22 heavy (non-hydrogen) atoms. The highest BCUT2D eigenvalue weighted by Crippen LogP contribution is 2.33. The number of rotatable bonds is 3. The molecule has 0 radical (unpaired) electrons. The number of nitrogens with one attached hydrogen (secondary N) is 1. The summed E-state index contributed by atoms with van der Waals surface area (Å²) in [5.41, 5.74) is 2.25. The molecule has 1 atom stereocenters. The van der Waals surface area contributed by atoms with E-state index in [0.29, 0.717) is 0 Å². The highest BCUT2D eigenvalue weighted by Gasteiger charge is 2.25. The molecule has 0 unspecified atom stereocenters. The van der Waals surface area contributed by atoms with E-state index in [9.17, 15) is 4.39 Å². The molecule has 0 saturated carbocycles. The number of aryl methyl sites for hydroxylation is 1. The van der Waals surface area contributed by atoms with Crippen molar-refractivity contribution in [1.82, 2.24) is 10.2 Å². The average molecular weight is 363 g/mol. The molecule has 0 spiro atoms. The molecule has 2 nitrogen and oxygen atoms in total. The minimum atomic E-state index is -0.156. The third-order valence-corrected chi connectivity index (χ3v) is 4.78. The van der Waals surface area contributed by atoms with Gasteiger partial charge in [0.15, 0.2) is 0 Å². The summed E-state index contributed by atoms with van der Waals surface area (Å²) in [7, 11) is 0. The lowest BCUT2D eigenvalue weighted by atomic mass is 9.98. The molecule has 2 heterocycles. The molecule has 1 aliphatic heterocycles. The van der Waals surface area contributed by atoms with Gasteiger partial charge in [-0.2, -0.15) is 0 Å². The Morgan fingerprint density at radius 1 is 1.18 bits per heavy atom. The summed E-state index contributed by atoms with van der Waals surface area (Å²) in [6.45, 7) is 6.09. The summed E-state index contributed by atoms with van der Waals surface area (Å²) in [4.78, 5) is 3.82. The first-order valence-electron chi connectivity index (χ1n) is 7.00. The van der Waals surface area contributed by atoms with Crippen LogP contribution in [0.5, 0.6) is 0 Å². The van der Waals surface area contributed by atoms with Crippen LogP contribution in [0, 0.1) is 12.7 Å². The Balaban J connectivity index is 0.00000121. The highest BCUT2D eigenvalue weighted by atomic mass is 35.5. The van der Waals surface area contributed by atoms with Crippen LogP contribution in [0.25, 0.3) is 0 Å². The average Bonchev–Trinajstić information content (AvgIpc) is 2.97. The molecule has 6 heteroatoms. The molecule has 0 bridgehead atoms. The van der Waals surface area contributed by atoms with Crippen molar-refractivity contribution in [2.45, 2.75) is 13.0 Å². The first-order valence-corrected chi connectivity index (χ1v) is 7.88. The summed E-state index contributed by atoms with van der Waals surface area (Å²) in [6, 6.07) is 9.67. The summed E-state index contributed by atoms with van der Waals surface area (Å²) in [5, 5.41) is 5.51. The highest BCUT2D eigenvalue weighted by molar-refractivity contribution is 7.10. The van der Waals surface area contributed by atoms with Gasteiger partial charge in [-0.1, -0.05) is 12.1 Å². The number of piperazine rings is 1. The van der Waals surface area contributed by atoms with Crippen LogP contribution in [0.4, 0.5) is 4.39 Å². The second-order valence-electron chi connectivity index (χ2n) is 5.20. The van der Waals surface area contributed by atoms with E-state index in [1.165, 1.54) is 10.4 Å². The maximum Gasteiger partial charge on any atom is 0.123 e. The first kappa shape index (κ1) is 19.4. The minimum absolute atomic E-state index is 0. The van der Waals surface area contributed by atoms with Gasteiger partial charge >= 0.3 is 0 Å². The molecule has 0 aliphatic carbocycles. The maximum atomic E-state index is 13.4. The predicted octanol–water partition coefficient (Wildman–Crippen LogP) is 4.03. The fourth-order valence-corrected chi connectivity index (χ4v) is 3.74. The summed E-state index contributed by atoms with van der Waals surface area (Å²) in [5.74, 6) is -0.156. The summed E-state index contributed by atoms with van der Waals surface area (Å²) in [6.07, 6.45) is 0. The number of thiophene rings is 1. The van der Waals surface area contributed by atoms with Crippen molar-refractivity contribution in [1.29, 1.82) is 0 Å². The molecule has 0 amide bonds. The van der Waals surface area contributed by atoms with Gasteiger partial charge in [-0.05, 0) is 41.6 Å². The number of nitrogens with zero attached hydrogens (tertiary/aromatic N) is 1. The number of hydrogen-bond donors (Lipinski definition) is 1. The van der Waals surface area contributed by atoms with Crippen LogP contribution in [-0.2, 0) is 0 Å². The molecule has 1 aromatic carbocycles. The van der Waals surface area contributed by atoms with Crippen molar-refractivity contribution >= 4 is 36.2 Å². The van der Waals surface area contributed by atoms with Crippen molar-refractivity contribution in [3.63, 3.8) is 0 Å². The molecule has 1 aromatic heterocycles.